The summed E-state index contributed by atoms with van der Waals surface area (Å²) in [4.78, 5) is 15.0. The number of halogens is 2. The number of aromatic nitrogens is 3. The number of fused-ring (bicyclic) bond motifs is 2. The molecule has 5 rings (SSSR count). The highest BCUT2D eigenvalue weighted by molar-refractivity contribution is 6.03. The molecule has 0 atom stereocenters. The summed E-state index contributed by atoms with van der Waals surface area (Å²) in [6.07, 6.45) is 7.04. The summed E-state index contributed by atoms with van der Waals surface area (Å²) in [5.74, 6) is 1.35. The van der Waals surface area contributed by atoms with Crippen LogP contribution < -0.4 is 15.0 Å². The minimum Gasteiger partial charge on any atom is -0.508 e. The third-order valence-electron chi connectivity index (χ3n) is 5.69. The zero-order valence-corrected chi connectivity index (χ0v) is 17.7. The van der Waals surface area contributed by atoms with Crippen LogP contribution in [0.1, 0.15) is 5.56 Å². The van der Waals surface area contributed by atoms with Gasteiger partial charge in [0.15, 0.2) is 5.82 Å². The monoisotopic (exact) mass is 447 g/mol. The van der Waals surface area contributed by atoms with Crippen molar-refractivity contribution in [1.29, 1.82) is 0 Å². The van der Waals surface area contributed by atoms with Gasteiger partial charge in [-0.05, 0) is 23.6 Å². The second-order valence-corrected chi connectivity index (χ2v) is 7.61. The highest BCUT2D eigenvalue weighted by Crippen LogP contribution is 2.38. The number of benzene rings is 2. The summed E-state index contributed by atoms with van der Waals surface area (Å²) in [6.45, 7) is 2.89. The molecule has 2 aromatic heterocycles. The van der Waals surface area contributed by atoms with E-state index in [0.717, 1.165) is 13.1 Å². The van der Waals surface area contributed by atoms with E-state index < -0.39 is 11.6 Å². The maximum atomic E-state index is 15.9. The van der Waals surface area contributed by atoms with Crippen molar-refractivity contribution >= 4 is 27.5 Å². The van der Waals surface area contributed by atoms with E-state index in [9.17, 15) is 9.50 Å². The van der Waals surface area contributed by atoms with Crippen molar-refractivity contribution in [2.75, 3.05) is 38.2 Å². The largest absolute Gasteiger partial charge is 0.508 e. The molecule has 2 aromatic carbocycles. The third kappa shape index (κ3) is 3.45. The van der Waals surface area contributed by atoms with Crippen molar-refractivity contribution in [3.8, 4) is 35.4 Å². The molecule has 0 spiro atoms. The molecule has 0 unspecified atom stereocenters. The van der Waals surface area contributed by atoms with Crippen LogP contribution in [0.5, 0.6) is 11.8 Å². The number of piperazine rings is 1. The molecule has 1 fully saturated rings. The number of hydrogen-bond donors (Lipinski definition) is 2. The molecule has 33 heavy (non-hydrogen) atoms. The van der Waals surface area contributed by atoms with E-state index >= 15 is 4.39 Å². The fourth-order valence-electron chi connectivity index (χ4n) is 4.17. The Labute approximate surface area is 188 Å². The van der Waals surface area contributed by atoms with Gasteiger partial charge in [-0.25, -0.2) is 8.78 Å². The lowest BCUT2D eigenvalue weighted by Gasteiger charge is -2.29. The van der Waals surface area contributed by atoms with Crippen LogP contribution in [0.3, 0.4) is 0 Å². The van der Waals surface area contributed by atoms with Gasteiger partial charge in [-0.3, -0.25) is 4.98 Å². The number of methoxy groups -OCH3 is 1. The van der Waals surface area contributed by atoms with Crippen LogP contribution in [0.25, 0.3) is 32.9 Å². The molecule has 1 aliphatic heterocycles. The lowest BCUT2D eigenvalue weighted by atomic mass is 9.96. The average Bonchev–Trinajstić information content (AvgIpc) is 2.84. The topological polar surface area (TPSA) is 83.4 Å². The summed E-state index contributed by atoms with van der Waals surface area (Å²) in [5, 5.41) is 14.7. The molecular weight excluding hydrogens is 428 g/mol. The van der Waals surface area contributed by atoms with Crippen molar-refractivity contribution in [3.05, 3.63) is 47.7 Å². The molecule has 0 radical (unpaired) electrons. The lowest BCUT2D eigenvalue weighted by molar-refractivity contribution is 0.381. The predicted octanol–water partition coefficient (Wildman–Crippen LogP) is 3.23. The SMILES string of the molecule is C#Cc1c(F)ccc2cc(O)cc(-c3ncc4c(N5CCNCC5)nc(OC)nc4c3F)c12. The van der Waals surface area contributed by atoms with Gasteiger partial charge < -0.3 is 20.1 Å². The van der Waals surface area contributed by atoms with Crippen LogP contribution in [0.4, 0.5) is 14.6 Å². The van der Waals surface area contributed by atoms with Gasteiger partial charge in [-0.2, -0.15) is 9.97 Å². The lowest BCUT2D eigenvalue weighted by Crippen LogP contribution is -2.44. The Bertz CT molecular complexity index is 1450. The number of hydrogen-bond acceptors (Lipinski definition) is 7. The Morgan fingerprint density at radius 3 is 2.70 bits per heavy atom. The van der Waals surface area contributed by atoms with E-state index in [4.69, 9.17) is 11.2 Å². The van der Waals surface area contributed by atoms with Crippen LogP contribution in [0.15, 0.2) is 30.5 Å². The van der Waals surface area contributed by atoms with Gasteiger partial charge in [-0.1, -0.05) is 12.0 Å². The number of pyridine rings is 1. The molecule has 1 saturated heterocycles. The summed E-state index contributed by atoms with van der Waals surface area (Å²) in [6, 6.07) is 5.45. The number of ether oxygens (including phenoxy) is 1. The second kappa shape index (κ2) is 8.15. The number of nitrogens with one attached hydrogen (secondary N) is 1. The van der Waals surface area contributed by atoms with Gasteiger partial charge in [0.05, 0.1) is 18.1 Å². The standard InChI is InChI=1S/C24H19F2N5O2/c1-3-15-18(25)5-4-13-10-14(32)11-16(19(13)15)21-20(26)22-17(12-28-21)23(30-24(29-22)33-2)31-8-6-27-7-9-31/h1,4-5,10-12,27,32H,6-9H2,2H3. The van der Waals surface area contributed by atoms with Crippen molar-refractivity contribution < 1.29 is 18.6 Å². The van der Waals surface area contributed by atoms with Crippen LogP contribution in [-0.4, -0.2) is 53.3 Å². The molecule has 0 bridgehead atoms. The fourth-order valence-corrected chi connectivity index (χ4v) is 4.17. The Kier molecular flexibility index (Phi) is 5.15. The van der Waals surface area contributed by atoms with E-state index in [0.29, 0.717) is 29.7 Å². The van der Waals surface area contributed by atoms with E-state index in [2.05, 4.69) is 26.2 Å². The normalized spacial score (nSPS) is 13.9. The molecule has 4 aromatic rings. The first-order valence-electron chi connectivity index (χ1n) is 10.3. The van der Waals surface area contributed by atoms with Crippen LogP contribution in [-0.2, 0) is 0 Å². The van der Waals surface area contributed by atoms with Gasteiger partial charge in [0, 0.05) is 43.3 Å². The molecule has 0 saturated carbocycles. The number of terminal acetylenes is 1. The quantitative estimate of drug-likeness (QED) is 0.467. The minimum atomic E-state index is -0.747. The van der Waals surface area contributed by atoms with Crippen molar-refractivity contribution in [3.63, 3.8) is 0 Å². The average molecular weight is 447 g/mol. The maximum absolute atomic E-state index is 15.9. The fraction of sp³-hybridized carbons (Fsp3) is 0.208. The smallest absolute Gasteiger partial charge is 0.318 e. The van der Waals surface area contributed by atoms with E-state index in [1.54, 1.807) is 0 Å². The molecule has 1 aliphatic rings. The minimum absolute atomic E-state index is 0.00976. The first-order valence-corrected chi connectivity index (χ1v) is 10.3. The number of rotatable bonds is 3. The summed E-state index contributed by atoms with van der Waals surface area (Å²) in [5.41, 5.74) is 0.0248. The van der Waals surface area contributed by atoms with E-state index in [1.807, 2.05) is 4.90 Å². The van der Waals surface area contributed by atoms with Crippen LogP contribution in [0, 0.1) is 24.0 Å². The molecule has 0 amide bonds. The highest BCUT2D eigenvalue weighted by Gasteiger charge is 2.23. The van der Waals surface area contributed by atoms with Gasteiger partial charge in [0.25, 0.3) is 0 Å². The molecule has 7 nitrogen and oxygen atoms in total. The van der Waals surface area contributed by atoms with Gasteiger partial charge in [0.1, 0.15) is 28.6 Å². The number of nitrogens with zero attached hydrogens (tertiary/aromatic N) is 4. The van der Waals surface area contributed by atoms with Crippen molar-refractivity contribution in [2.24, 2.45) is 0 Å². The zero-order chi connectivity index (χ0) is 23.1. The second-order valence-electron chi connectivity index (χ2n) is 7.61. The number of anilines is 1. The Morgan fingerprint density at radius 2 is 1.97 bits per heavy atom. The van der Waals surface area contributed by atoms with E-state index in [-0.39, 0.29) is 39.5 Å². The maximum Gasteiger partial charge on any atom is 0.318 e. The number of aromatic hydroxyl groups is 1. The molecule has 2 N–H and O–H groups in total. The third-order valence-corrected chi connectivity index (χ3v) is 5.69. The first-order chi connectivity index (χ1) is 16.0. The van der Waals surface area contributed by atoms with Gasteiger partial charge >= 0.3 is 6.01 Å². The highest BCUT2D eigenvalue weighted by atomic mass is 19.1. The van der Waals surface area contributed by atoms with Crippen molar-refractivity contribution in [2.45, 2.75) is 0 Å². The molecule has 9 heteroatoms. The molecular formula is C24H19F2N5O2. The summed E-state index contributed by atoms with van der Waals surface area (Å²) in [7, 11) is 1.41. The molecule has 166 valence electrons. The zero-order valence-electron chi connectivity index (χ0n) is 17.7. The predicted molar refractivity (Wildman–Crippen MR) is 121 cm³/mol. The summed E-state index contributed by atoms with van der Waals surface area (Å²) < 4.78 is 35.6. The Hall–Kier alpha value is -4.03. The Balaban J connectivity index is 1.81. The van der Waals surface area contributed by atoms with Gasteiger partial charge in [0.2, 0.25) is 0 Å². The van der Waals surface area contributed by atoms with Gasteiger partial charge in [-0.15, -0.1) is 6.42 Å². The van der Waals surface area contributed by atoms with Crippen molar-refractivity contribution in [1.82, 2.24) is 20.3 Å². The molecule has 0 aliphatic carbocycles. The van der Waals surface area contributed by atoms with Crippen LogP contribution in [0.2, 0.25) is 0 Å². The molecule has 3 heterocycles. The Morgan fingerprint density at radius 1 is 1.18 bits per heavy atom. The van der Waals surface area contributed by atoms with E-state index in [1.165, 1.54) is 37.6 Å². The number of phenolic OH excluding ortho intramolecular Hbond substituents is 1. The summed E-state index contributed by atoms with van der Waals surface area (Å²) >= 11 is 0. The van der Waals surface area contributed by atoms with Crippen LogP contribution >= 0.6 is 0 Å². The number of phenols is 1. The first kappa shape index (κ1) is 20.8.